The largest absolute Gasteiger partial charge is 0.477 e. The molecule has 256 valence electrons. The van der Waals surface area contributed by atoms with Crippen LogP contribution < -0.4 is 4.90 Å². The monoisotopic (exact) mass is 714 g/mol. The topological polar surface area (TPSA) is 64.3 Å². The highest BCUT2D eigenvalue weighted by Gasteiger charge is 2.39. The lowest BCUT2D eigenvalue weighted by Crippen LogP contribution is -2.18. The third kappa shape index (κ3) is 5.05. The van der Waals surface area contributed by atoms with Gasteiger partial charge in [-0.25, -0.2) is 4.79 Å². The third-order valence-corrected chi connectivity index (χ3v) is 14.1. The van der Waals surface area contributed by atoms with Crippen molar-refractivity contribution in [1.82, 2.24) is 0 Å². The van der Waals surface area contributed by atoms with Gasteiger partial charge in [-0.15, -0.1) is 23.1 Å². The van der Waals surface area contributed by atoms with Gasteiger partial charge < -0.3 is 10.0 Å². The van der Waals surface area contributed by atoms with Crippen LogP contribution in [0.25, 0.3) is 26.8 Å². The van der Waals surface area contributed by atoms with Crippen LogP contribution in [0.3, 0.4) is 0 Å². The molecule has 4 nitrogen and oxygen atoms in total. The van der Waals surface area contributed by atoms with E-state index < -0.39 is 5.97 Å². The number of carboxylic acids is 1. The van der Waals surface area contributed by atoms with Crippen molar-refractivity contribution in [3.63, 3.8) is 0 Å². The molecule has 1 atom stereocenters. The maximum Gasteiger partial charge on any atom is 0.346 e. The quantitative estimate of drug-likeness (QED) is 0.140. The Kier molecular flexibility index (Phi) is 7.56. The molecule has 0 saturated heterocycles. The van der Waals surface area contributed by atoms with Crippen LogP contribution in [-0.4, -0.2) is 11.1 Å². The molecule has 2 heterocycles. The van der Waals surface area contributed by atoms with Gasteiger partial charge in [-0.1, -0.05) is 88.4 Å². The summed E-state index contributed by atoms with van der Waals surface area (Å²) in [5.41, 5.74) is 14.1. The molecule has 52 heavy (non-hydrogen) atoms. The van der Waals surface area contributed by atoms with Crippen molar-refractivity contribution >= 4 is 61.8 Å². The molecule has 0 spiro atoms. The lowest BCUT2D eigenvalue weighted by Gasteiger charge is -2.30. The molecule has 0 bridgehead atoms. The second-order valence-corrected chi connectivity index (χ2v) is 17.6. The highest BCUT2D eigenvalue weighted by Crippen LogP contribution is 2.54. The number of nitrogens with zero attached hydrogens (tertiary/aromatic N) is 2. The van der Waals surface area contributed by atoms with Gasteiger partial charge in [0.05, 0.1) is 0 Å². The van der Waals surface area contributed by atoms with Gasteiger partial charge in [0, 0.05) is 47.6 Å². The molecular weight excluding hydrogens is 677 g/mol. The number of aliphatic carboxylic acids is 1. The highest BCUT2D eigenvalue weighted by atomic mass is 32.2. The van der Waals surface area contributed by atoms with E-state index in [4.69, 9.17) is 0 Å². The van der Waals surface area contributed by atoms with Crippen LogP contribution in [-0.2, 0) is 15.6 Å². The van der Waals surface area contributed by atoms with Crippen molar-refractivity contribution < 1.29 is 9.90 Å². The van der Waals surface area contributed by atoms with Crippen LogP contribution in [0.1, 0.15) is 79.3 Å². The number of hydrogen-bond acceptors (Lipinski definition) is 5. The Balaban J connectivity index is 1.14. The van der Waals surface area contributed by atoms with Gasteiger partial charge in [0.25, 0.3) is 0 Å². The molecule has 3 aliphatic carbocycles. The van der Waals surface area contributed by atoms with Gasteiger partial charge in [0.2, 0.25) is 0 Å². The molecule has 1 aliphatic heterocycles. The normalized spacial score (nSPS) is 19.2. The van der Waals surface area contributed by atoms with E-state index in [1.54, 1.807) is 29.2 Å². The number of carbonyl (C=O) groups is 1. The van der Waals surface area contributed by atoms with Crippen molar-refractivity contribution in [2.24, 2.45) is 0 Å². The number of thiophene rings is 1. The zero-order chi connectivity index (χ0) is 35.9. The molecule has 0 amide bonds. The minimum absolute atomic E-state index is 0.0725. The zero-order valence-electron chi connectivity index (χ0n) is 29.7. The van der Waals surface area contributed by atoms with Gasteiger partial charge >= 0.3 is 5.97 Å². The van der Waals surface area contributed by atoms with E-state index in [9.17, 15) is 15.2 Å². The summed E-state index contributed by atoms with van der Waals surface area (Å²) in [6.45, 7) is 9.41. The Morgan fingerprint density at radius 3 is 2.33 bits per heavy atom. The molecule has 1 aromatic heterocycles. The van der Waals surface area contributed by atoms with Crippen LogP contribution in [0, 0.1) is 11.3 Å². The fourth-order valence-corrected chi connectivity index (χ4v) is 11.2. The number of fused-ring (bicyclic) bond motifs is 6. The molecule has 1 unspecified atom stereocenters. The fourth-order valence-electron chi connectivity index (χ4n) is 8.78. The van der Waals surface area contributed by atoms with Crippen LogP contribution >= 0.6 is 23.1 Å². The summed E-state index contributed by atoms with van der Waals surface area (Å²) in [6.07, 6.45) is 11.2. The average Bonchev–Trinajstić information content (AvgIpc) is 3.89. The van der Waals surface area contributed by atoms with E-state index in [-0.39, 0.29) is 21.7 Å². The number of hydrogen-bond donors (Lipinski definition) is 1. The first-order chi connectivity index (χ1) is 25.0. The van der Waals surface area contributed by atoms with Crippen molar-refractivity contribution in [2.45, 2.75) is 63.0 Å². The SMILES string of the molecule is CC1(C)C2=C(CCC=C2)c2ccc(N(c3ccc4c(c3)C(C)(C)c3ccccc3-4)c3ccc4cc(C5CC=C(/C=C(\C#N)C(=O)O)S5)sc4c3)cc21. The van der Waals surface area contributed by atoms with E-state index in [1.807, 2.05) is 6.08 Å². The third-order valence-electron chi connectivity index (χ3n) is 11.5. The van der Waals surface area contributed by atoms with E-state index in [0.29, 0.717) is 0 Å². The summed E-state index contributed by atoms with van der Waals surface area (Å²) in [5, 5.41) is 20.0. The van der Waals surface area contributed by atoms with Crippen molar-refractivity contribution in [2.75, 3.05) is 4.90 Å². The predicted octanol–water partition coefficient (Wildman–Crippen LogP) is 12.7. The Labute approximate surface area is 313 Å². The van der Waals surface area contributed by atoms with Gasteiger partial charge in [-0.3, -0.25) is 0 Å². The standard InChI is InChI=1S/C46H38N2O2S2/c1-45(2)37-11-7-5-9-33(37)35-18-15-29(23-39(35)45)48(30-16-19-36-34-10-6-8-12-38(34)46(3,4)40(36)24-30)31-14-13-27-22-43(52-42(27)25-31)41-20-17-32(51-41)21-28(26-47)44(49)50/h5,7-9,11-19,21-25,41H,6,10,20H2,1-4H3,(H,49,50)/b28-21+. The summed E-state index contributed by atoms with van der Waals surface area (Å²) in [4.78, 5) is 15.9. The van der Waals surface area contributed by atoms with Gasteiger partial charge in [-0.05, 0) is 118 Å². The molecule has 0 saturated carbocycles. The van der Waals surface area contributed by atoms with Crippen LogP contribution in [0.4, 0.5) is 17.1 Å². The highest BCUT2D eigenvalue weighted by molar-refractivity contribution is 8.03. The maximum atomic E-state index is 11.4. The minimum atomic E-state index is -1.19. The first kappa shape index (κ1) is 32.8. The molecule has 5 aromatic rings. The molecule has 4 aliphatic rings. The van der Waals surface area contributed by atoms with E-state index in [0.717, 1.165) is 41.2 Å². The smallest absolute Gasteiger partial charge is 0.346 e. The lowest BCUT2D eigenvalue weighted by molar-refractivity contribution is -0.132. The second-order valence-electron chi connectivity index (χ2n) is 15.2. The number of anilines is 3. The van der Waals surface area contributed by atoms with Crippen molar-refractivity contribution in [3.8, 4) is 17.2 Å². The number of allylic oxidation sites excluding steroid dienone is 6. The molecule has 1 N–H and O–H groups in total. The summed E-state index contributed by atoms with van der Waals surface area (Å²) in [7, 11) is 0. The first-order valence-electron chi connectivity index (χ1n) is 17.9. The minimum Gasteiger partial charge on any atom is -0.477 e. The molecular formula is C46H38N2O2S2. The zero-order valence-corrected chi connectivity index (χ0v) is 31.3. The summed E-state index contributed by atoms with van der Waals surface area (Å²) < 4.78 is 1.21. The molecule has 0 radical (unpaired) electrons. The number of carboxylic acid groups (broad SMARTS) is 1. The maximum absolute atomic E-state index is 11.4. The first-order valence-corrected chi connectivity index (χ1v) is 19.6. The molecule has 6 heteroatoms. The summed E-state index contributed by atoms with van der Waals surface area (Å²) >= 11 is 3.43. The Morgan fingerprint density at radius 1 is 0.865 bits per heavy atom. The van der Waals surface area contributed by atoms with E-state index in [1.165, 1.54) is 65.6 Å². The Morgan fingerprint density at radius 2 is 1.56 bits per heavy atom. The molecule has 0 fully saturated rings. The summed E-state index contributed by atoms with van der Waals surface area (Å²) in [5.74, 6) is -1.19. The van der Waals surface area contributed by atoms with E-state index in [2.05, 4.69) is 130 Å². The fraction of sp³-hybridized carbons (Fsp3) is 0.217. The van der Waals surface area contributed by atoms with Crippen LogP contribution in [0.15, 0.2) is 125 Å². The van der Waals surface area contributed by atoms with Gasteiger partial charge in [-0.2, -0.15) is 5.26 Å². The predicted molar refractivity (Wildman–Crippen MR) is 217 cm³/mol. The number of rotatable bonds is 6. The van der Waals surface area contributed by atoms with Crippen molar-refractivity contribution in [3.05, 3.63) is 152 Å². The lowest BCUT2D eigenvalue weighted by atomic mass is 9.80. The number of benzene rings is 4. The Bertz CT molecular complexity index is 2540. The molecule has 9 rings (SSSR count). The van der Waals surface area contributed by atoms with Crippen LogP contribution in [0.5, 0.6) is 0 Å². The molecule has 4 aromatic carbocycles. The van der Waals surface area contributed by atoms with Crippen molar-refractivity contribution in [1.29, 1.82) is 5.26 Å². The van der Waals surface area contributed by atoms with E-state index >= 15 is 0 Å². The summed E-state index contributed by atoms with van der Waals surface area (Å²) in [6, 6.07) is 33.8. The number of nitriles is 1. The Hall–Kier alpha value is -5.09. The van der Waals surface area contributed by atoms with Gasteiger partial charge in [0.1, 0.15) is 11.6 Å². The van der Waals surface area contributed by atoms with Crippen LogP contribution in [0.2, 0.25) is 0 Å². The van der Waals surface area contributed by atoms with Gasteiger partial charge in [0.15, 0.2) is 0 Å². The second kappa shape index (κ2) is 12.0. The average molecular weight is 715 g/mol. The number of thioether (sulfide) groups is 1.